The maximum atomic E-state index is 5.79. The van der Waals surface area contributed by atoms with Gasteiger partial charge in [-0.15, -0.1) is 0 Å². The Kier molecular flexibility index (Phi) is 2.09. The number of fused-ring (bicyclic) bond motifs is 1. The second kappa shape index (κ2) is 3.27. The smallest absolute Gasteiger partial charge is 0.0703 e. The van der Waals surface area contributed by atoms with Crippen LogP contribution in [0.1, 0.15) is 18.5 Å². The lowest BCUT2D eigenvalue weighted by atomic mass is 10.1. The fourth-order valence-electron chi connectivity index (χ4n) is 1.45. The molecule has 1 unspecified atom stereocenters. The van der Waals surface area contributed by atoms with E-state index in [0.717, 1.165) is 16.5 Å². The molecule has 1 aromatic carbocycles. The number of pyridine rings is 1. The van der Waals surface area contributed by atoms with E-state index >= 15 is 0 Å². The summed E-state index contributed by atoms with van der Waals surface area (Å²) in [6.45, 7) is 1.96. The molecule has 0 amide bonds. The summed E-state index contributed by atoms with van der Waals surface area (Å²) in [5, 5.41) is 1.04. The van der Waals surface area contributed by atoms with Crippen LogP contribution in [0.25, 0.3) is 10.9 Å². The van der Waals surface area contributed by atoms with E-state index < -0.39 is 0 Å². The van der Waals surface area contributed by atoms with E-state index in [1.165, 1.54) is 0 Å². The molecule has 2 aromatic rings. The molecular formula is C11H13N3. The predicted octanol–water partition coefficient (Wildman–Crippen LogP) is 1.84. The number of nitrogen functional groups attached to an aromatic ring is 1. The van der Waals surface area contributed by atoms with Gasteiger partial charge in [-0.2, -0.15) is 0 Å². The number of benzene rings is 1. The van der Waals surface area contributed by atoms with E-state index in [4.69, 9.17) is 11.5 Å². The minimum Gasteiger partial charge on any atom is -0.397 e. The van der Waals surface area contributed by atoms with Crippen LogP contribution in [-0.4, -0.2) is 4.98 Å². The van der Waals surface area contributed by atoms with E-state index in [1.54, 1.807) is 6.20 Å². The molecule has 2 rings (SSSR count). The number of rotatable bonds is 1. The lowest BCUT2D eigenvalue weighted by molar-refractivity contribution is 0.820. The summed E-state index contributed by atoms with van der Waals surface area (Å²) in [6.07, 6.45) is 1.66. The van der Waals surface area contributed by atoms with Gasteiger partial charge in [0, 0.05) is 11.4 Å². The Morgan fingerprint density at radius 1 is 1.29 bits per heavy atom. The average molecular weight is 187 g/mol. The van der Waals surface area contributed by atoms with Gasteiger partial charge in [-0.25, -0.2) is 0 Å². The van der Waals surface area contributed by atoms with Crippen LogP contribution in [0, 0.1) is 0 Å². The number of hydrogen-bond acceptors (Lipinski definition) is 3. The molecule has 0 saturated heterocycles. The second-order valence-corrected chi connectivity index (χ2v) is 3.51. The highest BCUT2D eigenvalue weighted by molar-refractivity contribution is 5.81. The summed E-state index contributed by atoms with van der Waals surface area (Å²) in [7, 11) is 0. The zero-order valence-corrected chi connectivity index (χ0v) is 8.07. The molecule has 4 N–H and O–H groups in total. The van der Waals surface area contributed by atoms with Crippen molar-refractivity contribution < 1.29 is 0 Å². The SMILES string of the molecule is CC(N)c1ccc2ncc(N)cc2c1. The summed E-state index contributed by atoms with van der Waals surface area (Å²) < 4.78 is 0. The van der Waals surface area contributed by atoms with Crippen LogP contribution in [0.5, 0.6) is 0 Å². The van der Waals surface area contributed by atoms with Gasteiger partial charge < -0.3 is 11.5 Å². The molecule has 0 saturated carbocycles. The van der Waals surface area contributed by atoms with Crippen molar-refractivity contribution >= 4 is 16.6 Å². The average Bonchev–Trinajstić information content (AvgIpc) is 2.16. The molecule has 72 valence electrons. The second-order valence-electron chi connectivity index (χ2n) is 3.51. The van der Waals surface area contributed by atoms with Gasteiger partial charge in [0.05, 0.1) is 17.4 Å². The highest BCUT2D eigenvalue weighted by atomic mass is 14.7. The van der Waals surface area contributed by atoms with E-state index in [2.05, 4.69) is 4.98 Å². The Labute approximate surface area is 82.7 Å². The lowest BCUT2D eigenvalue weighted by Crippen LogP contribution is -2.04. The molecule has 0 aliphatic carbocycles. The number of hydrogen-bond donors (Lipinski definition) is 2. The minimum atomic E-state index is 0.0424. The molecule has 3 nitrogen and oxygen atoms in total. The monoisotopic (exact) mass is 187 g/mol. The Hall–Kier alpha value is -1.61. The largest absolute Gasteiger partial charge is 0.397 e. The van der Waals surface area contributed by atoms with Crippen molar-refractivity contribution in [1.29, 1.82) is 0 Å². The first-order valence-electron chi connectivity index (χ1n) is 4.57. The summed E-state index contributed by atoms with van der Waals surface area (Å²) in [5.74, 6) is 0. The first-order chi connectivity index (χ1) is 6.66. The summed E-state index contributed by atoms with van der Waals surface area (Å²) in [4.78, 5) is 4.22. The third kappa shape index (κ3) is 1.54. The molecule has 1 heterocycles. The molecule has 14 heavy (non-hydrogen) atoms. The maximum absolute atomic E-state index is 5.79. The molecule has 0 fully saturated rings. The molecule has 0 aliphatic rings. The van der Waals surface area contributed by atoms with Crippen molar-refractivity contribution in [2.75, 3.05) is 5.73 Å². The van der Waals surface area contributed by atoms with Crippen molar-refractivity contribution in [2.45, 2.75) is 13.0 Å². The third-order valence-corrected chi connectivity index (χ3v) is 2.25. The zero-order chi connectivity index (χ0) is 10.1. The molecular weight excluding hydrogens is 174 g/mol. The fraction of sp³-hybridized carbons (Fsp3) is 0.182. The Bertz CT molecular complexity index is 463. The Morgan fingerprint density at radius 3 is 2.79 bits per heavy atom. The highest BCUT2D eigenvalue weighted by Crippen LogP contribution is 2.19. The van der Waals surface area contributed by atoms with E-state index in [-0.39, 0.29) is 6.04 Å². The van der Waals surface area contributed by atoms with Crippen LogP contribution in [-0.2, 0) is 0 Å². The van der Waals surface area contributed by atoms with E-state index in [9.17, 15) is 0 Å². The van der Waals surface area contributed by atoms with Crippen molar-refractivity contribution in [3.05, 3.63) is 36.0 Å². The number of anilines is 1. The van der Waals surface area contributed by atoms with Gasteiger partial charge in [-0.05, 0) is 30.7 Å². The number of aromatic nitrogens is 1. The summed E-state index contributed by atoms with van der Waals surface area (Å²) in [6, 6.07) is 7.95. The standard InChI is InChI=1S/C11H13N3/c1-7(12)8-2-3-11-9(4-8)5-10(13)6-14-11/h2-7H,12-13H2,1H3. The van der Waals surface area contributed by atoms with Gasteiger partial charge in [0.1, 0.15) is 0 Å². The van der Waals surface area contributed by atoms with Gasteiger partial charge in [0.2, 0.25) is 0 Å². The van der Waals surface area contributed by atoms with E-state index in [1.807, 2.05) is 31.2 Å². The van der Waals surface area contributed by atoms with Gasteiger partial charge in [0.25, 0.3) is 0 Å². The van der Waals surface area contributed by atoms with Crippen LogP contribution in [0.3, 0.4) is 0 Å². The number of nitrogens with zero attached hydrogens (tertiary/aromatic N) is 1. The van der Waals surface area contributed by atoms with Crippen molar-refractivity contribution in [2.24, 2.45) is 5.73 Å². The van der Waals surface area contributed by atoms with Gasteiger partial charge >= 0.3 is 0 Å². The quantitative estimate of drug-likeness (QED) is 0.715. The molecule has 0 bridgehead atoms. The minimum absolute atomic E-state index is 0.0424. The van der Waals surface area contributed by atoms with Crippen LogP contribution >= 0.6 is 0 Å². The van der Waals surface area contributed by atoms with Crippen LogP contribution in [0.4, 0.5) is 5.69 Å². The zero-order valence-electron chi connectivity index (χ0n) is 8.07. The van der Waals surface area contributed by atoms with E-state index in [0.29, 0.717) is 5.69 Å². The van der Waals surface area contributed by atoms with Crippen LogP contribution < -0.4 is 11.5 Å². The predicted molar refractivity (Wildman–Crippen MR) is 58.8 cm³/mol. The van der Waals surface area contributed by atoms with Crippen molar-refractivity contribution in [1.82, 2.24) is 4.98 Å². The Balaban J connectivity index is 2.63. The van der Waals surface area contributed by atoms with Crippen molar-refractivity contribution in [3.8, 4) is 0 Å². The first kappa shape index (κ1) is 8.97. The molecule has 0 spiro atoms. The molecule has 0 aliphatic heterocycles. The maximum Gasteiger partial charge on any atom is 0.0703 e. The molecule has 1 aromatic heterocycles. The fourth-order valence-corrected chi connectivity index (χ4v) is 1.45. The lowest BCUT2D eigenvalue weighted by Gasteiger charge is -2.06. The molecule has 1 atom stereocenters. The first-order valence-corrected chi connectivity index (χ1v) is 4.57. The molecule has 0 radical (unpaired) electrons. The van der Waals surface area contributed by atoms with Crippen LogP contribution in [0.15, 0.2) is 30.5 Å². The Morgan fingerprint density at radius 2 is 2.07 bits per heavy atom. The van der Waals surface area contributed by atoms with Gasteiger partial charge in [-0.3, -0.25) is 4.98 Å². The molecule has 3 heteroatoms. The van der Waals surface area contributed by atoms with Crippen LogP contribution in [0.2, 0.25) is 0 Å². The van der Waals surface area contributed by atoms with Crippen molar-refractivity contribution in [3.63, 3.8) is 0 Å². The highest BCUT2D eigenvalue weighted by Gasteiger charge is 2.01. The third-order valence-electron chi connectivity index (χ3n) is 2.25. The summed E-state index contributed by atoms with van der Waals surface area (Å²) in [5.41, 5.74) is 14.2. The van der Waals surface area contributed by atoms with Gasteiger partial charge in [0.15, 0.2) is 0 Å². The van der Waals surface area contributed by atoms with Gasteiger partial charge in [-0.1, -0.05) is 6.07 Å². The summed E-state index contributed by atoms with van der Waals surface area (Å²) >= 11 is 0. The normalized spacial score (nSPS) is 13.0. The number of nitrogens with two attached hydrogens (primary N) is 2. The topological polar surface area (TPSA) is 64.9 Å².